The van der Waals surface area contributed by atoms with Crippen LogP contribution in [0.5, 0.6) is 0 Å². The summed E-state index contributed by atoms with van der Waals surface area (Å²) in [7, 11) is 0. The van der Waals surface area contributed by atoms with Gasteiger partial charge >= 0.3 is 0 Å². The molecule has 88 valence electrons. The van der Waals surface area contributed by atoms with E-state index in [1.807, 2.05) is 0 Å². The second kappa shape index (κ2) is 5.10. The van der Waals surface area contributed by atoms with E-state index in [1.165, 1.54) is 12.1 Å². The van der Waals surface area contributed by atoms with Gasteiger partial charge in [-0.25, -0.2) is 13.8 Å². The molecule has 0 unspecified atom stereocenters. The highest BCUT2D eigenvalue weighted by Gasteiger charge is 2.07. The van der Waals surface area contributed by atoms with E-state index in [4.69, 9.17) is 11.6 Å². The van der Waals surface area contributed by atoms with Crippen LogP contribution >= 0.6 is 11.6 Å². The lowest BCUT2D eigenvalue weighted by atomic mass is 10.2. The van der Waals surface area contributed by atoms with Crippen molar-refractivity contribution in [3.05, 3.63) is 58.9 Å². The molecule has 1 aromatic heterocycles. The first-order chi connectivity index (χ1) is 8.18. The van der Waals surface area contributed by atoms with Crippen molar-refractivity contribution >= 4 is 17.3 Å². The van der Waals surface area contributed by atoms with Gasteiger partial charge in [-0.05, 0) is 18.2 Å². The van der Waals surface area contributed by atoms with Gasteiger partial charge in [0.25, 0.3) is 0 Å². The van der Waals surface area contributed by atoms with Gasteiger partial charge in [0.1, 0.15) is 0 Å². The van der Waals surface area contributed by atoms with E-state index in [-0.39, 0.29) is 12.1 Å². The van der Waals surface area contributed by atoms with E-state index in [2.05, 4.69) is 10.3 Å². The maximum atomic E-state index is 13.3. The number of nitrogens with one attached hydrogen (secondary N) is 1. The SMILES string of the molecule is Fc1cccc(CNc2cccnc2Cl)c1F. The normalized spacial score (nSPS) is 10.3. The van der Waals surface area contributed by atoms with Crippen LogP contribution in [0.3, 0.4) is 0 Å². The Morgan fingerprint density at radius 2 is 2.00 bits per heavy atom. The molecule has 5 heteroatoms. The molecule has 0 saturated heterocycles. The highest BCUT2D eigenvalue weighted by Crippen LogP contribution is 2.19. The summed E-state index contributed by atoms with van der Waals surface area (Å²) in [6.45, 7) is 0.148. The largest absolute Gasteiger partial charge is 0.378 e. The summed E-state index contributed by atoms with van der Waals surface area (Å²) in [6, 6.07) is 7.47. The molecule has 1 N–H and O–H groups in total. The fourth-order valence-corrected chi connectivity index (χ4v) is 1.58. The molecular weight excluding hydrogens is 246 g/mol. The third kappa shape index (κ3) is 2.71. The van der Waals surface area contributed by atoms with Crippen molar-refractivity contribution in [3.63, 3.8) is 0 Å². The summed E-state index contributed by atoms with van der Waals surface area (Å²) in [4.78, 5) is 3.87. The minimum atomic E-state index is -0.860. The number of benzene rings is 1. The summed E-state index contributed by atoms with van der Waals surface area (Å²) in [5.74, 6) is -1.71. The highest BCUT2D eigenvalue weighted by molar-refractivity contribution is 6.31. The lowest BCUT2D eigenvalue weighted by Gasteiger charge is -2.08. The van der Waals surface area contributed by atoms with Gasteiger partial charge in [-0.15, -0.1) is 0 Å². The van der Waals surface area contributed by atoms with E-state index in [0.29, 0.717) is 10.8 Å². The molecule has 0 amide bonds. The fourth-order valence-electron chi connectivity index (χ4n) is 1.39. The van der Waals surface area contributed by atoms with E-state index in [1.54, 1.807) is 18.3 Å². The first kappa shape index (κ1) is 11.8. The van der Waals surface area contributed by atoms with Crippen molar-refractivity contribution in [1.82, 2.24) is 4.98 Å². The summed E-state index contributed by atoms with van der Waals surface area (Å²) < 4.78 is 26.3. The molecule has 0 atom stereocenters. The Kier molecular flexibility index (Phi) is 3.54. The standard InChI is InChI=1S/C12H9ClF2N2/c13-12-10(5-2-6-16-12)17-7-8-3-1-4-9(14)11(8)15/h1-6,17H,7H2. The van der Waals surface area contributed by atoms with Crippen LogP contribution in [0.4, 0.5) is 14.5 Å². The van der Waals surface area contributed by atoms with E-state index < -0.39 is 11.6 Å². The maximum absolute atomic E-state index is 13.3. The van der Waals surface area contributed by atoms with Gasteiger partial charge < -0.3 is 5.32 Å². The average Bonchev–Trinajstić information content (AvgIpc) is 2.33. The maximum Gasteiger partial charge on any atom is 0.163 e. The molecule has 0 aliphatic heterocycles. The monoisotopic (exact) mass is 254 g/mol. The first-order valence-corrected chi connectivity index (χ1v) is 5.33. The number of pyridine rings is 1. The summed E-state index contributed by atoms with van der Waals surface area (Å²) in [5.41, 5.74) is 0.822. The predicted octanol–water partition coefficient (Wildman–Crippen LogP) is 3.63. The number of halogens is 3. The van der Waals surface area contributed by atoms with Crippen molar-refractivity contribution in [2.24, 2.45) is 0 Å². The molecule has 0 bridgehead atoms. The number of nitrogens with zero attached hydrogens (tertiary/aromatic N) is 1. The third-order valence-corrected chi connectivity index (χ3v) is 2.56. The molecule has 2 rings (SSSR count). The fraction of sp³-hybridized carbons (Fsp3) is 0.0833. The molecule has 0 saturated carbocycles. The second-order valence-corrected chi connectivity index (χ2v) is 3.77. The molecule has 1 heterocycles. The summed E-state index contributed by atoms with van der Waals surface area (Å²) in [5, 5.41) is 3.19. The zero-order valence-corrected chi connectivity index (χ0v) is 9.51. The van der Waals surface area contributed by atoms with Crippen molar-refractivity contribution in [1.29, 1.82) is 0 Å². The molecule has 0 spiro atoms. The Morgan fingerprint density at radius 3 is 2.76 bits per heavy atom. The Bertz CT molecular complexity index is 532. The minimum Gasteiger partial charge on any atom is -0.378 e. The van der Waals surface area contributed by atoms with Gasteiger partial charge in [-0.3, -0.25) is 0 Å². The van der Waals surface area contributed by atoms with Crippen LogP contribution in [0.1, 0.15) is 5.56 Å². The third-order valence-electron chi connectivity index (χ3n) is 2.26. The van der Waals surface area contributed by atoms with Crippen LogP contribution in [0.15, 0.2) is 36.5 Å². The lowest BCUT2D eigenvalue weighted by molar-refractivity contribution is 0.500. The van der Waals surface area contributed by atoms with Crippen LogP contribution in [0, 0.1) is 11.6 Å². The Morgan fingerprint density at radius 1 is 1.18 bits per heavy atom. The molecular formula is C12H9ClF2N2. The average molecular weight is 255 g/mol. The first-order valence-electron chi connectivity index (χ1n) is 4.96. The topological polar surface area (TPSA) is 24.9 Å². The van der Waals surface area contributed by atoms with Crippen LogP contribution in [0.2, 0.25) is 5.15 Å². The zero-order chi connectivity index (χ0) is 12.3. The molecule has 0 radical (unpaired) electrons. The van der Waals surface area contributed by atoms with Gasteiger partial charge in [-0.2, -0.15) is 0 Å². The Hall–Kier alpha value is -1.68. The number of hydrogen-bond donors (Lipinski definition) is 1. The van der Waals surface area contributed by atoms with E-state index >= 15 is 0 Å². The van der Waals surface area contributed by atoms with Crippen LogP contribution in [-0.4, -0.2) is 4.98 Å². The lowest BCUT2D eigenvalue weighted by Crippen LogP contribution is -2.03. The van der Waals surface area contributed by atoms with Gasteiger partial charge in [-0.1, -0.05) is 23.7 Å². The number of hydrogen-bond acceptors (Lipinski definition) is 2. The Labute approximate surface area is 102 Å². The van der Waals surface area contributed by atoms with Crippen molar-refractivity contribution in [2.75, 3.05) is 5.32 Å². The van der Waals surface area contributed by atoms with Crippen LogP contribution < -0.4 is 5.32 Å². The highest BCUT2D eigenvalue weighted by atomic mass is 35.5. The van der Waals surface area contributed by atoms with Gasteiger partial charge in [0.15, 0.2) is 16.8 Å². The molecule has 2 nitrogen and oxygen atoms in total. The molecule has 1 aromatic carbocycles. The molecule has 0 aliphatic rings. The molecule has 0 fully saturated rings. The predicted molar refractivity (Wildman–Crippen MR) is 62.9 cm³/mol. The molecule has 0 aliphatic carbocycles. The van der Waals surface area contributed by atoms with Gasteiger partial charge in [0.2, 0.25) is 0 Å². The number of anilines is 1. The van der Waals surface area contributed by atoms with E-state index in [0.717, 1.165) is 6.07 Å². The smallest absolute Gasteiger partial charge is 0.163 e. The van der Waals surface area contributed by atoms with E-state index in [9.17, 15) is 8.78 Å². The second-order valence-electron chi connectivity index (χ2n) is 3.41. The molecule has 17 heavy (non-hydrogen) atoms. The number of rotatable bonds is 3. The van der Waals surface area contributed by atoms with Crippen molar-refractivity contribution in [3.8, 4) is 0 Å². The van der Waals surface area contributed by atoms with Gasteiger partial charge in [0, 0.05) is 18.3 Å². The van der Waals surface area contributed by atoms with Gasteiger partial charge in [0.05, 0.1) is 5.69 Å². The number of aromatic nitrogens is 1. The van der Waals surface area contributed by atoms with Crippen molar-refractivity contribution in [2.45, 2.75) is 6.54 Å². The molecule has 2 aromatic rings. The van der Waals surface area contributed by atoms with Crippen molar-refractivity contribution < 1.29 is 8.78 Å². The summed E-state index contributed by atoms with van der Waals surface area (Å²) in [6.07, 6.45) is 1.55. The van der Waals surface area contributed by atoms with Crippen LogP contribution in [0.25, 0.3) is 0 Å². The minimum absolute atomic E-state index is 0.148. The quantitative estimate of drug-likeness (QED) is 0.846. The Balaban J connectivity index is 2.13. The zero-order valence-electron chi connectivity index (χ0n) is 8.75. The van der Waals surface area contributed by atoms with Crippen LogP contribution in [-0.2, 0) is 6.54 Å². The summed E-state index contributed by atoms with van der Waals surface area (Å²) >= 11 is 5.82.